The Morgan fingerprint density at radius 1 is 1.25 bits per heavy atom. The van der Waals surface area contributed by atoms with Gasteiger partial charge in [-0.3, -0.25) is 9.59 Å². The van der Waals surface area contributed by atoms with Gasteiger partial charge in [0.05, 0.1) is 14.2 Å². The summed E-state index contributed by atoms with van der Waals surface area (Å²) < 4.78 is 9.83. The minimum Gasteiger partial charge on any atom is -0.496 e. The molecule has 0 aliphatic heterocycles. The predicted octanol–water partition coefficient (Wildman–Crippen LogP) is 2.03. The van der Waals surface area contributed by atoms with Gasteiger partial charge in [-0.1, -0.05) is 13.0 Å². The molecule has 110 valence electrons. The fraction of sp³-hybridized carbons (Fsp3) is 0.467. The van der Waals surface area contributed by atoms with Gasteiger partial charge in [0.2, 0.25) is 0 Å². The largest absolute Gasteiger partial charge is 0.496 e. The maximum atomic E-state index is 12.4. The summed E-state index contributed by atoms with van der Waals surface area (Å²) in [6.45, 7) is 4.32. The third-order valence-corrected chi connectivity index (χ3v) is 2.98. The van der Waals surface area contributed by atoms with Crippen LogP contribution in [0.25, 0.3) is 0 Å². The molecule has 1 rings (SSSR count). The van der Waals surface area contributed by atoms with Gasteiger partial charge in [0.15, 0.2) is 0 Å². The van der Waals surface area contributed by atoms with Gasteiger partial charge in [-0.15, -0.1) is 0 Å². The fourth-order valence-electron chi connectivity index (χ4n) is 1.88. The van der Waals surface area contributed by atoms with E-state index in [1.165, 1.54) is 12.0 Å². The van der Waals surface area contributed by atoms with Gasteiger partial charge in [-0.25, -0.2) is 0 Å². The molecule has 5 nitrogen and oxygen atoms in total. The Kier molecular flexibility index (Phi) is 6.03. The molecule has 0 heterocycles. The molecule has 0 N–H and O–H groups in total. The Labute approximate surface area is 119 Å². The number of hydrogen-bond donors (Lipinski definition) is 0. The van der Waals surface area contributed by atoms with Crippen LogP contribution < -0.4 is 4.74 Å². The second-order valence-electron chi connectivity index (χ2n) is 4.49. The zero-order valence-corrected chi connectivity index (χ0v) is 12.4. The van der Waals surface area contributed by atoms with Gasteiger partial charge in [-0.05, 0) is 31.0 Å². The van der Waals surface area contributed by atoms with E-state index in [2.05, 4.69) is 4.74 Å². The van der Waals surface area contributed by atoms with E-state index in [9.17, 15) is 9.59 Å². The number of methoxy groups -OCH3 is 2. The van der Waals surface area contributed by atoms with Gasteiger partial charge in [0.25, 0.3) is 5.91 Å². The molecule has 20 heavy (non-hydrogen) atoms. The molecule has 1 aromatic carbocycles. The molecule has 1 amide bonds. The van der Waals surface area contributed by atoms with Crippen molar-refractivity contribution in [2.24, 2.45) is 0 Å². The highest BCUT2D eigenvalue weighted by molar-refractivity contribution is 5.96. The lowest BCUT2D eigenvalue weighted by Crippen LogP contribution is -2.36. The molecule has 0 radical (unpaired) electrons. The highest BCUT2D eigenvalue weighted by Crippen LogP contribution is 2.20. The minimum absolute atomic E-state index is 0.0423. The molecular formula is C15H21NO4. The SMILES string of the molecule is CCCN(CC(=O)OC)C(=O)c1ccc(C)c(OC)c1. The van der Waals surface area contributed by atoms with E-state index in [-0.39, 0.29) is 12.5 Å². The number of carbonyl (C=O) groups excluding carboxylic acids is 2. The fourth-order valence-corrected chi connectivity index (χ4v) is 1.88. The Bertz CT molecular complexity index is 485. The lowest BCUT2D eigenvalue weighted by molar-refractivity contribution is -0.141. The van der Waals surface area contributed by atoms with E-state index < -0.39 is 5.97 Å². The van der Waals surface area contributed by atoms with E-state index in [1.807, 2.05) is 19.9 Å². The highest BCUT2D eigenvalue weighted by Gasteiger charge is 2.19. The van der Waals surface area contributed by atoms with Crippen LogP contribution >= 0.6 is 0 Å². The molecular weight excluding hydrogens is 258 g/mol. The Balaban J connectivity index is 2.96. The maximum absolute atomic E-state index is 12.4. The quantitative estimate of drug-likeness (QED) is 0.748. The van der Waals surface area contributed by atoms with Crippen molar-refractivity contribution in [2.75, 3.05) is 27.3 Å². The maximum Gasteiger partial charge on any atom is 0.325 e. The van der Waals surface area contributed by atoms with Crippen LogP contribution in [0.3, 0.4) is 0 Å². The van der Waals surface area contributed by atoms with Crippen molar-refractivity contribution >= 4 is 11.9 Å². The predicted molar refractivity (Wildman–Crippen MR) is 75.9 cm³/mol. The third-order valence-electron chi connectivity index (χ3n) is 2.98. The van der Waals surface area contributed by atoms with Crippen molar-refractivity contribution in [3.63, 3.8) is 0 Å². The molecule has 0 unspecified atom stereocenters. The van der Waals surface area contributed by atoms with Crippen molar-refractivity contribution in [2.45, 2.75) is 20.3 Å². The topological polar surface area (TPSA) is 55.8 Å². The summed E-state index contributed by atoms with van der Waals surface area (Å²) in [5.41, 5.74) is 1.46. The standard InChI is InChI=1S/C15H21NO4/c1-5-8-16(10-14(17)20-4)15(18)12-7-6-11(2)13(9-12)19-3/h6-7,9H,5,8,10H2,1-4H3. The zero-order valence-electron chi connectivity index (χ0n) is 12.4. The molecule has 0 spiro atoms. The van der Waals surface area contributed by atoms with Gasteiger partial charge < -0.3 is 14.4 Å². The Hall–Kier alpha value is -2.04. The van der Waals surface area contributed by atoms with E-state index in [4.69, 9.17) is 4.74 Å². The summed E-state index contributed by atoms with van der Waals surface area (Å²) in [6.07, 6.45) is 0.770. The summed E-state index contributed by atoms with van der Waals surface area (Å²) in [5.74, 6) is 0.0341. The first-order chi connectivity index (χ1) is 9.53. The second-order valence-corrected chi connectivity index (χ2v) is 4.49. The van der Waals surface area contributed by atoms with Gasteiger partial charge in [0, 0.05) is 12.1 Å². The summed E-state index contributed by atoms with van der Waals surface area (Å²) >= 11 is 0. The number of ether oxygens (including phenoxy) is 2. The van der Waals surface area contributed by atoms with Gasteiger partial charge in [-0.2, -0.15) is 0 Å². The average molecular weight is 279 g/mol. The van der Waals surface area contributed by atoms with E-state index in [0.29, 0.717) is 17.9 Å². The lowest BCUT2D eigenvalue weighted by atomic mass is 10.1. The molecule has 5 heteroatoms. The van der Waals surface area contributed by atoms with Crippen molar-refractivity contribution in [3.05, 3.63) is 29.3 Å². The van der Waals surface area contributed by atoms with Crippen LogP contribution in [0.15, 0.2) is 18.2 Å². The van der Waals surface area contributed by atoms with E-state index >= 15 is 0 Å². The Morgan fingerprint density at radius 2 is 1.95 bits per heavy atom. The zero-order chi connectivity index (χ0) is 15.1. The van der Waals surface area contributed by atoms with Crippen molar-refractivity contribution in [1.82, 2.24) is 4.90 Å². The summed E-state index contributed by atoms with van der Waals surface area (Å²) in [4.78, 5) is 25.3. The summed E-state index contributed by atoms with van der Waals surface area (Å²) in [5, 5.41) is 0. The van der Waals surface area contributed by atoms with Gasteiger partial charge in [0.1, 0.15) is 12.3 Å². The molecule has 0 fully saturated rings. The smallest absolute Gasteiger partial charge is 0.325 e. The highest BCUT2D eigenvalue weighted by atomic mass is 16.5. The number of esters is 1. The minimum atomic E-state index is -0.425. The van der Waals surface area contributed by atoms with E-state index in [1.54, 1.807) is 19.2 Å². The molecule has 0 bridgehead atoms. The number of aryl methyl sites for hydroxylation is 1. The monoisotopic (exact) mass is 279 g/mol. The number of rotatable bonds is 6. The molecule has 1 aromatic rings. The molecule has 0 aromatic heterocycles. The normalized spacial score (nSPS) is 10.0. The van der Waals surface area contributed by atoms with Crippen LogP contribution in [0.4, 0.5) is 0 Å². The van der Waals surface area contributed by atoms with Crippen LogP contribution in [-0.4, -0.2) is 44.1 Å². The first-order valence-corrected chi connectivity index (χ1v) is 6.54. The molecule has 0 saturated heterocycles. The number of amides is 1. The molecule has 0 aliphatic rings. The number of carbonyl (C=O) groups is 2. The van der Waals surface area contributed by atoms with Crippen molar-refractivity contribution in [3.8, 4) is 5.75 Å². The molecule has 0 atom stereocenters. The van der Waals surface area contributed by atoms with Gasteiger partial charge >= 0.3 is 5.97 Å². The number of hydrogen-bond acceptors (Lipinski definition) is 4. The average Bonchev–Trinajstić information content (AvgIpc) is 2.46. The second kappa shape index (κ2) is 7.53. The van der Waals surface area contributed by atoms with Crippen molar-refractivity contribution in [1.29, 1.82) is 0 Å². The molecule has 0 saturated carbocycles. The van der Waals surface area contributed by atoms with Crippen LogP contribution in [0.2, 0.25) is 0 Å². The summed E-state index contributed by atoms with van der Waals surface area (Å²) in [6, 6.07) is 5.26. The number of nitrogens with zero attached hydrogens (tertiary/aromatic N) is 1. The number of benzene rings is 1. The first-order valence-electron chi connectivity index (χ1n) is 6.54. The van der Waals surface area contributed by atoms with Crippen LogP contribution in [-0.2, 0) is 9.53 Å². The lowest BCUT2D eigenvalue weighted by Gasteiger charge is -2.21. The Morgan fingerprint density at radius 3 is 2.50 bits per heavy atom. The van der Waals surface area contributed by atoms with Crippen molar-refractivity contribution < 1.29 is 19.1 Å². The third kappa shape index (κ3) is 3.98. The van der Waals surface area contributed by atoms with Crippen LogP contribution in [0.1, 0.15) is 29.3 Å². The van der Waals surface area contributed by atoms with E-state index in [0.717, 1.165) is 12.0 Å². The first kappa shape index (κ1) is 16.0. The van der Waals surface area contributed by atoms with Crippen LogP contribution in [0.5, 0.6) is 5.75 Å². The summed E-state index contributed by atoms with van der Waals surface area (Å²) in [7, 11) is 2.88. The molecule has 0 aliphatic carbocycles. The van der Waals surface area contributed by atoms with Crippen LogP contribution in [0, 0.1) is 6.92 Å².